The smallest absolute Gasteiger partial charge is 0.125 e. The standard InChI is InChI=1S/C12H23N3O/c1-4-11(5-8-16)9-14-10(2)12-13-6-7-15(12)3/h6-7,10-11,14,16H,4-5,8-9H2,1-3H3. The van der Waals surface area contributed by atoms with Crippen molar-refractivity contribution in [3.05, 3.63) is 18.2 Å². The van der Waals surface area contributed by atoms with Crippen LogP contribution < -0.4 is 5.32 Å². The summed E-state index contributed by atoms with van der Waals surface area (Å²) in [5.41, 5.74) is 0. The summed E-state index contributed by atoms with van der Waals surface area (Å²) in [6, 6.07) is 0.257. The van der Waals surface area contributed by atoms with Gasteiger partial charge >= 0.3 is 0 Å². The fourth-order valence-corrected chi connectivity index (χ4v) is 1.86. The fraction of sp³-hybridized carbons (Fsp3) is 0.750. The third-order valence-electron chi connectivity index (χ3n) is 3.07. The molecule has 0 aromatic carbocycles. The second-order valence-corrected chi connectivity index (χ2v) is 4.31. The first-order valence-corrected chi connectivity index (χ1v) is 6.00. The van der Waals surface area contributed by atoms with E-state index in [4.69, 9.17) is 5.11 Å². The number of nitrogens with one attached hydrogen (secondary N) is 1. The van der Waals surface area contributed by atoms with Gasteiger partial charge < -0.3 is 15.0 Å². The first-order valence-electron chi connectivity index (χ1n) is 6.00. The molecule has 4 heteroatoms. The van der Waals surface area contributed by atoms with E-state index in [1.54, 1.807) is 0 Å². The third-order valence-corrected chi connectivity index (χ3v) is 3.07. The van der Waals surface area contributed by atoms with Gasteiger partial charge in [-0.05, 0) is 25.8 Å². The number of imidazole rings is 1. The molecule has 0 spiro atoms. The quantitative estimate of drug-likeness (QED) is 0.739. The maximum atomic E-state index is 8.92. The van der Waals surface area contributed by atoms with Crippen LogP contribution in [0.25, 0.3) is 0 Å². The van der Waals surface area contributed by atoms with Gasteiger partial charge in [0.2, 0.25) is 0 Å². The Morgan fingerprint density at radius 3 is 2.81 bits per heavy atom. The van der Waals surface area contributed by atoms with E-state index in [0.29, 0.717) is 5.92 Å². The van der Waals surface area contributed by atoms with Crippen LogP contribution in [0.2, 0.25) is 0 Å². The molecule has 0 radical (unpaired) electrons. The van der Waals surface area contributed by atoms with E-state index < -0.39 is 0 Å². The lowest BCUT2D eigenvalue weighted by Crippen LogP contribution is -2.27. The molecule has 0 aliphatic rings. The highest BCUT2D eigenvalue weighted by atomic mass is 16.3. The molecule has 16 heavy (non-hydrogen) atoms. The molecule has 2 unspecified atom stereocenters. The fourth-order valence-electron chi connectivity index (χ4n) is 1.86. The number of aromatic nitrogens is 2. The Morgan fingerprint density at radius 2 is 2.31 bits per heavy atom. The van der Waals surface area contributed by atoms with Crippen LogP contribution in [0.15, 0.2) is 12.4 Å². The summed E-state index contributed by atoms with van der Waals surface area (Å²) in [5.74, 6) is 1.60. The molecule has 2 N–H and O–H groups in total. The summed E-state index contributed by atoms with van der Waals surface area (Å²) in [4.78, 5) is 4.32. The number of rotatable bonds is 7. The Bertz CT molecular complexity index is 298. The second-order valence-electron chi connectivity index (χ2n) is 4.31. The number of aryl methyl sites for hydroxylation is 1. The molecule has 1 aromatic heterocycles. The zero-order valence-electron chi connectivity index (χ0n) is 10.5. The summed E-state index contributed by atoms with van der Waals surface area (Å²) in [6.07, 6.45) is 5.74. The van der Waals surface area contributed by atoms with Gasteiger partial charge in [-0.15, -0.1) is 0 Å². The van der Waals surface area contributed by atoms with Gasteiger partial charge in [-0.25, -0.2) is 4.98 Å². The number of nitrogens with zero attached hydrogens (tertiary/aromatic N) is 2. The summed E-state index contributed by atoms with van der Waals surface area (Å²) < 4.78 is 2.03. The van der Waals surface area contributed by atoms with Gasteiger partial charge in [0.05, 0.1) is 6.04 Å². The van der Waals surface area contributed by atoms with Gasteiger partial charge in [0.15, 0.2) is 0 Å². The molecular weight excluding hydrogens is 202 g/mol. The third kappa shape index (κ3) is 3.61. The maximum Gasteiger partial charge on any atom is 0.125 e. The van der Waals surface area contributed by atoms with Gasteiger partial charge in [-0.3, -0.25) is 0 Å². The van der Waals surface area contributed by atoms with E-state index in [2.05, 4.69) is 24.1 Å². The predicted octanol–water partition coefficient (Wildman–Crippen LogP) is 1.48. The zero-order chi connectivity index (χ0) is 12.0. The molecule has 92 valence electrons. The molecule has 0 aliphatic carbocycles. The van der Waals surface area contributed by atoms with Crippen LogP contribution in [-0.4, -0.2) is 27.8 Å². The van der Waals surface area contributed by atoms with E-state index >= 15 is 0 Å². The van der Waals surface area contributed by atoms with Crippen molar-refractivity contribution in [2.45, 2.75) is 32.7 Å². The normalized spacial score (nSPS) is 15.0. The second kappa shape index (κ2) is 6.66. The number of aliphatic hydroxyl groups excluding tert-OH is 1. The largest absolute Gasteiger partial charge is 0.396 e. The summed E-state index contributed by atoms with van der Waals surface area (Å²) in [5, 5.41) is 12.4. The molecular formula is C12H23N3O. The number of hydrogen-bond acceptors (Lipinski definition) is 3. The molecule has 0 fully saturated rings. The van der Waals surface area contributed by atoms with Crippen molar-refractivity contribution in [1.82, 2.24) is 14.9 Å². The van der Waals surface area contributed by atoms with Crippen molar-refractivity contribution >= 4 is 0 Å². The Morgan fingerprint density at radius 1 is 1.56 bits per heavy atom. The Balaban J connectivity index is 2.40. The highest BCUT2D eigenvalue weighted by Gasteiger charge is 2.12. The van der Waals surface area contributed by atoms with E-state index in [-0.39, 0.29) is 12.6 Å². The van der Waals surface area contributed by atoms with Crippen molar-refractivity contribution in [3.63, 3.8) is 0 Å². The molecule has 2 atom stereocenters. The van der Waals surface area contributed by atoms with Gasteiger partial charge in [0, 0.05) is 26.0 Å². The molecule has 0 saturated carbocycles. The monoisotopic (exact) mass is 225 g/mol. The average molecular weight is 225 g/mol. The van der Waals surface area contributed by atoms with E-state index in [1.807, 2.05) is 24.0 Å². The van der Waals surface area contributed by atoms with Crippen molar-refractivity contribution < 1.29 is 5.11 Å². The van der Waals surface area contributed by atoms with Gasteiger partial charge in [-0.2, -0.15) is 0 Å². The van der Waals surface area contributed by atoms with E-state index in [1.165, 1.54) is 0 Å². The van der Waals surface area contributed by atoms with Crippen LogP contribution in [0, 0.1) is 5.92 Å². The maximum absolute atomic E-state index is 8.92. The zero-order valence-corrected chi connectivity index (χ0v) is 10.5. The number of hydrogen-bond donors (Lipinski definition) is 2. The lowest BCUT2D eigenvalue weighted by atomic mass is 10.0. The molecule has 0 amide bonds. The van der Waals surface area contributed by atoms with Crippen LogP contribution in [0.3, 0.4) is 0 Å². The van der Waals surface area contributed by atoms with Crippen molar-refractivity contribution in [2.75, 3.05) is 13.2 Å². The SMILES string of the molecule is CCC(CCO)CNC(C)c1nccn1C. The minimum Gasteiger partial charge on any atom is -0.396 e. The molecule has 4 nitrogen and oxygen atoms in total. The van der Waals surface area contributed by atoms with E-state index in [0.717, 1.165) is 25.2 Å². The molecule has 0 saturated heterocycles. The molecule has 0 aliphatic heterocycles. The Hall–Kier alpha value is -0.870. The lowest BCUT2D eigenvalue weighted by Gasteiger charge is -2.18. The van der Waals surface area contributed by atoms with Crippen molar-refractivity contribution in [3.8, 4) is 0 Å². The minimum atomic E-state index is 0.257. The van der Waals surface area contributed by atoms with Crippen LogP contribution in [-0.2, 0) is 7.05 Å². The lowest BCUT2D eigenvalue weighted by molar-refractivity contribution is 0.248. The highest BCUT2D eigenvalue weighted by molar-refractivity contribution is 4.96. The molecule has 1 aromatic rings. The summed E-state index contributed by atoms with van der Waals surface area (Å²) >= 11 is 0. The molecule has 1 heterocycles. The first kappa shape index (κ1) is 13.2. The average Bonchev–Trinajstić information content (AvgIpc) is 2.70. The van der Waals surface area contributed by atoms with Gasteiger partial charge in [0.1, 0.15) is 5.82 Å². The number of aliphatic hydroxyl groups is 1. The van der Waals surface area contributed by atoms with Crippen molar-refractivity contribution in [1.29, 1.82) is 0 Å². The van der Waals surface area contributed by atoms with Gasteiger partial charge in [-0.1, -0.05) is 13.3 Å². The van der Waals surface area contributed by atoms with Crippen LogP contribution in [0.5, 0.6) is 0 Å². The van der Waals surface area contributed by atoms with Crippen LogP contribution >= 0.6 is 0 Å². The predicted molar refractivity (Wildman–Crippen MR) is 65.1 cm³/mol. The van der Waals surface area contributed by atoms with Gasteiger partial charge in [0.25, 0.3) is 0 Å². The summed E-state index contributed by atoms with van der Waals surface area (Å²) in [7, 11) is 2.01. The first-order chi connectivity index (χ1) is 7.69. The Labute approximate surface area is 97.7 Å². The van der Waals surface area contributed by atoms with Crippen LogP contribution in [0.4, 0.5) is 0 Å². The molecule has 0 bridgehead atoms. The molecule has 1 rings (SSSR count). The minimum absolute atomic E-state index is 0.257. The summed E-state index contributed by atoms with van der Waals surface area (Å²) in [6.45, 7) is 5.49. The van der Waals surface area contributed by atoms with Crippen molar-refractivity contribution in [2.24, 2.45) is 13.0 Å². The van der Waals surface area contributed by atoms with E-state index in [9.17, 15) is 0 Å². The van der Waals surface area contributed by atoms with Crippen LogP contribution in [0.1, 0.15) is 38.6 Å². The topological polar surface area (TPSA) is 50.1 Å². The highest BCUT2D eigenvalue weighted by Crippen LogP contribution is 2.11. The Kier molecular flexibility index (Phi) is 5.49.